The van der Waals surface area contributed by atoms with Crippen LogP contribution >= 0.6 is 0 Å². The lowest BCUT2D eigenvalue weighted by molar-refractivity contribution is 0.189. The van der Waals surface area contributed by atoms with E-state index in [0.29, 0.717) is 6.04 Å². The number of urea groups is 1. The third-order valence-electron chi connectivity index (χ3n) is 2.52. The number of carbonyl (C=O) groups excluding carboxylic acids is 1. The van der Waals surface area contributed by atoms with Crippen LogP contribution in [-0.4, -0.2) is 29.6 Å². The van der Waals surface area contributed by atoms with Crippen molar-refractivity contribution in [2.75, 3.05) is 6.54 Å². The predicted molar refractivity (Wildman–Crippen MR) is 53.7 cm³/mol. The molecule has 3 nitrogen and oxygen atoms in total. The molecule has 1 atom stereocenters. The summed E-state index contributed by atoms with van der Waals surface area (Å²) in [6.45, 7) is 7.06. The van der Waals surface area contributed by atoms with E-state index >= 15 is 0 Å². The zero-order chi connectivity index (χ0) is 9.84. The molecule has 0 saturated carbocycles. The summed E-state index contributed by atoms with van der Waals surface area (Å²) in [5.41, 5.74) is 0. The average Bonchev–Trinajstić information content (AvgIpc) is 2.49. The smallest absolute Gasteiger partial charge is 0.317 e. The topological polar surface area (TPSA) is 32.3 Å². The van der Waals surface area contributed by atoms with Crippen LogP contribution in [-0.2, 0) is 0 Å². The lowest BCUT2D eigenvalue weighted by atomic mass is 10.2. The summed E-state index contributed by atoms with van der Waals surface area (Å²) < 4.78 is 0. The van der Waals surface area contributed by atoms with Crippen molar-refractivity contribution in [3.63, 3.8) is 0 Å². The SMILES string of the molecule is CCC1CCCN1C(=O)NC(C)C. The molecule has 1 fully saturated rings. The van der Waals surface area contributed by atoms with Crippen LogP contribution < -0.4 is 5.32 Å². The Balaban J connectivity index is 2.45. The number of amides is 2. The third kappa shape index (κ3) is 2.61. The van der Waals surface area contributed by atoms with E-state index < -0.39 is 0 Å². The number of hydrogen-bond donors (Lipinski definition) is 1. The molecule has 0 aliphatic carbocycles. The Morgan fingerprint density at radius 2 is 2.31 bits per heavy atom. The van der Waals surface area contributed by atoms with Gasteiger partial charge in [-0.05, 0) is 33.1 Å². The van der Waals surface area contributed by atoms with Gasteiger partial charge in [-0.1, -0.05) is 6.92 Å². The predicted octanol–water partition coefficient (Wildman–Crippen LogP) is 1.98. The van der Waals surface area contributed by atoms with Crippen LogP contribution in [0.3, 0.4) is 0 Å². The lowest BCUT2D eigenvalue weighted by Gasteiger charge is -2.25. The minimum atomic E-state index is 0.111. The molecule has 0 aromatic carbocycles. The fraction of sp³-hybridized carbons (Fsp3) is 0.900. The average molecular weight is 184 g/mol. The quantitative estimate of drug-likeness (QED) is 0.699. The number of nitrogens with zero attached hydrogens (tertiary/aromatic N) is 1. The molecule has 0 spiro atoms. The Morgan fingerprint density at radius 3 is 2.85 bits per heavy atom. The molecular formula is C10H20N2O. The zero-order valence-electron chi connectivity index (χ0n) is 8.84. The molecule has 0 aromatic heterocycles. The highest BCUT2D eigenvalue weighted by Crippen LogP contribution is 2.19. The van der Waals surface area contributed by atoms with Gasteiger partial charge >= 0.3 is 6.03 Å². The molecule has 1 rings (SSSR count). The largest absolute Gasteiger partial charge is 0.336 e. The molecule has 76 valence electrons. The van der Waals surface area contributed by atoms with Crippen LogP contribution in [0.25, 0.3) is 0 Å². The van der Waals surface area contributed by atoms with E-state index in [-0.39, 0.29) is 12.1 Å². The molecular weight excluding hydrogens is 164 g/mol. The Hall–Kier alpha value is -0.730. The fourth-order valence-electron chi connectivity index (χ4n) is 1.86. The highest BCUT2D eigenvalue weighted by Gasteiger charge is 2.27. The van der Waals surface area contributed by atoms with E-state index in [9.17, 15) is 4.79 Å². The highest BCUT2D eigenvalue weighted by atomic mass is 16.2. The van der Waals surface area contributed by atoms with E-state index in [2.05, 4.69) is 12.2 Å². The van der Waals surface area contributed by atoms with Gasteiger partial charge in [-0.25, -0.2) is 4.79 Å². The van der Waals surface area contributed by atoms with Gasteiger partial charge in [0.1, 0.15) is 0 Å². The summed E-state index contributed by atoms with van der Waals surface area (Å²) in [5, 5.41) is 2.94. The zero-order valence-corrected chi connectivity index (χ0v) is 8.84. The summed E-state index contributed by atoms with van der Waals surface area (Å²) >= 11 is 0. The van der Waals surface area contributed by atoms with Crippen molar-refractivity contribution in [3.8, 4) is 0 Å². The normalized spacial score (nSPS) is 22.5. The molecule has 0 aromatic rings. The van der Waals surface area contributed by atoms with E-state index in [0.717, 1.165) is 19.4 Å². The first-order valence-electron chi connectivity index (χ1n) is 5.22. The summed E-state index contributed by atoms with van der Waals surface area (Å²) in [4.78, 5) is 13.6. The number of likely N-dealkylation sites (tertiary alicyclic amines) is 1. The Labute approximate surface area is 80.5 Å². The summed E-state index contributed by atoms with van der Waals surface area (Å²) in [6, 6.07) is 0.823. The first-order chi connectivity index (χ1) is 6.15. The van der Waals surface area contributed by atoms with Gasteiger partial charge in [0, 0.05) is 18.6 Å². The van der Waals surface area contributed by atoms with Crippen LogP contribution in [0.5, 0.6) is 0 Å². The van der Waals surface area contributed by atoms with Gasteiger partial charge in [0.15, 0.2) is 0 Å². The molecule has 0 radical (unpaired) electrons. The molecule has 1 heterocycles. The second-order valence-electron chi connectivity index (χ2n) is 4.00. The molecule has 1 aliphatic rings. The van der Waals surface area contributed by atoms with E-state index in [1.54, 1.807) is 0 Å². The fourth-order valence-corrected chi connectivity index (χ4v) is 1.86. The number of nitrogens with one attached hydrogen (secondary N) is 1. The van der Waals surface area contributed by atoms with Crippen molar-refractivity contribution in [2.24, 2.45) is 0 Å². The van der Waals surface area contributed by atoms with E-state index in [4.69, 9.17) is 0 Å². The van der Waals surface area contributed by atoms with Crippen molar-refractivity contribution < 1.29 is 4.79 Å². The monoisotopic (exact) mass is 184 g/mol. The second kappa shape index (κ2) is 4.49. The molecule has 13 heavy (non-hydrogen) atoms. The molecule has 1 saturated heterocycles. The summed E-state index contributed by atoms with van der Waals surface area (Å²) in [6.07, 6.45) is 3.40. The Kier molecular flexibility index (Phi) is 3.58. The van der Waals surface area contributed by atoms with Crippen molar-refractivity contribution in [1.29, 1.82) is 0 Å². The number of carbonyl (C=O) groups is 1. The van der Waals surface area contributed by atoms with Crippen molar-refractivity contribution in [3.05, 3.63) is 0 Å². The minimum Gasteiger partial charge on any atom is -0.336 e. The molecule has 0 bridgehead atoms. The van der Waals surface area contributed by atoms with Gasteiger partial charge in [-0.3, -0.25) is 0 Å². The van der Waals surface area contributed by atoms with Crippen LogP contribution in [0.2, 0.25) is 0 Å². The van der Waals surface area contributed by atoms with Crippen molar-refractivity contribution in [1.82, 2.24) is 10.2 Å². The minimum absolute atomic E-state index is 0.111. The van der Waals surface area contributed by atoms with Crippen LogP contribution in [0.4, 0.5) is 4.79 Å². The van der Waals surface area contributed by atoms with Gasteiger partial charge in [0.05, 0.1) is 0 Å². The maximum absolute atomic E-state index is 11.6. The van der Waals surface area contributed by atoms with Gasteiger partial charge in [0.25, 0.3) is 0 Å². The highest BCUT2D eigenvalue weighted by molar-refractivity contribution is 5.75. The Bertz CT molecular complexity index is 180. The maximum atomic E-state index is 11.6. The molecule has 3 heteroatoms. The second-order valence-corrected chi connectivity index (χ2v) is 4.00. The van der Waals surface area contributed by atoms with Crippen LogP contribution in [0.15, 0.2) is 0 Å². The van der Waals surface area contributed by atoms with Gasteiger partial charge in [0.2, 0.25) is 0 Å². The Morgan fingerprint density at radius 1 is 1.62 bits per heavy atom. The molecule has 1 unspecified atom stereocenters. The summed E-state index contributed by atoms with van der Waals surface area (Å²) in [7, 11) is 0. The van der Waals surface area contributed by atoms with Crippen molar-refractivity contribution >= 4 is 6.03 Å². The molecule has 2 amide bonds. The maximum Gasteiger partial charge on any atom is 0.317 e. The molecule has 1 aliphatic heterocycles. The van der Waals surface area contributed by atoms with E-state index in [1.165, 1.54) is 6.42 Å². The van der Waals surface area contributed by atoms with Crippen LogP contribution in [0.1, 0.15) is 40.0 Å². The van der Waals surface area contributed by atoms with E-state index in [1.807, 2.05) is 18.7 Å². The number of hydrogen-bond acceptors (Lipinski definition) is 1. The first-order valence-corrected chi connectivity index (χ1v) is 5.22. The van der Waals surface area contributed by atoms with Crippen molar-refractivity contribution in [2.45, 2.75) is 52.1 Å². The molecule has 1 N–H and O–H groups in total. The van der Waals surface area contributed by atoms with Gasteiger partial charge < -0.3 is 10.2 Å². The third-order valence-corrected chi connectivity index (χ3v) is 2.52. The van der Waals surface area contributed by atoms with Gasteiger partial charge in [-0.2, -0.15) is 0 Å². The van der Waals surface area contributed by atoms with Crippen LogP contribution in [0, 0.1) is 0 Å². The van der Waals surface area contributed by atoms with Gasteiger partial charge in [-0.15, -0.1) is 0 Å². The number of rotatable bonds is 2. The summed E-state index contributed by atoms with van der Waals surface area (Å²) in [5.74, 6) is 0. The standard InChI is InChI=1S/C10H20N2O/c1-4-9-6-5-7-12(9)10(13)11-8(2)3/h8-9H,4-7H2,1-3H3,(H,11,13). The lowest BCUT2D eigenvalue weighted by Crippen LogP contribution is -2.45. The first kappa shape index (κ1) is 10.4.